The van der Waals surface area contributed by atoms with Crippen molar-refractivity contribution in [3.8, 4) is 0 Å². The maximum absolute atomic E-state index is 5.51. The van der Waals surface area contributed by atoms with Crippen molar-refractivity contribution in [1.82, 2.24) is 9.97 Å². The maximum atomic E-state index is 5.51. The zero-order valence-corrected chi connectivity index (χ0v) is 12.4. The molecule has 3 rings (SSSR count). The quantitative estimate of drug-likeness (QED) is 0.895. The number of piperidine rings is 1. The number of nitrogens with one attached hydrogen (secondary N) is 1. The molecule has 1 saturated heterocycles. The van der Waals surface area contributed by atoms with Crippen LogP contribution in [0.2, 0.25) is 0 Å². The van der Waals surface area contributed by atoms with E-state index < -0.39 is 0 Å². The van der Waals surface area contributed by atoms with Gasteiger partial charge in [0, 0.05) is 38.7 Å². The molecule has 110 valence electrons. The van der Waals surface area contributed by atoms with E-state index in [1.807, 2.05) is 0 Å². The Kier molecular flexibility index (Phi) is 4.05. The van der Waals surface area contributed by atoms with Crippen LogP contribution in [0.15, 0.2) is 6.07 Å². The molecule has 1 unspecified atom stereocenters. The van der Waals surface area contributed by atoms with Gasteiger partial charge in [-0.25, -0.2) is 9.97 Å². The lowest BCUT2D eigenvalue weighted by molar-refractivity contribution is 0.0891. The molecule has 0 aromatic carbocycles. The number of hydrogen-bond donors (Lipinski definition) is 1. The standard InChI is InChI=1S/C15H24N4O/c1-3-16-13-9-14(18-15(17-13)11-6-7-11)19-8-4-5-12(10-19)20-2/h9,11-12H,3-8,10H2,1-2H3,(H,16,17,18). The highest BCUT2D eigenvalue weighted by Crippen LogP contribution is 2.39. The highest BCUT2D eigenvalue weighted by Gasteiger charge is 2.29. The van der Waals surface area contributed by atoms with Gasteiger partial charge >= 0.3 is 0 Å². The molecule has 2 aliphatic rings. The Morgan fingerprint density at radius 3 is 2.90 bits per heavy atom. The number of anilines is 2. The van der Waals surface area contributed by atoms with Crippen molar-refractivity contribution in [1.29, 1.82) is 0 Å². The molecule has 0 spiro atoms. The minimum Gasteiger partial charge on any atom is -0.380 e. The van der Waals surface area contributed by atoms with E-state index in [4.69, 9.17) is 9.72 Å². The lowest BCUT2D eigenvalue weighted by Gasteiger charge is -2.33. The summed E-state index contributed by atoms with van der Waals surface area (Å²) in [6.07, 6.45) is 5.10. The van der Waals surface area contributed by atoms with Gasteiger partial charge in [0.2, 0.25) is 0 Å². The smallest absolute Gasteiger partial charge is 0.136 e. The first kappa shape index (κ1) is 13.6. The van der Waals surface area contributed by atoms with Crippen molar-refractivity contribution in [2.75, 3.05) is 37.0 Å². The second kappa shape index (κ2) is 5.95. The summed E-state index contributed by atoms with van der Waals surface area (Å²) in [5, 5.41) is 3.33. The van der Waals surface area contributed by atoms with Crippen LogP contribution in [0.5, 0.6) is 0 Å². The van der Waals surface area contributed by atoms with Gasteiger partial charge in [-0.15, -0.1) is 0 Å². The molecule has 2 heterocycles. The van der Waals surface area contributed by atoms with Crippen LogP contribution in [0.1, 0.15) is 44.3 Å². The predicted octanol–water partition coefficient (Wildman–Crippen LogP) is 2.40. The molecular formula is C15H24N4O. The van der Waals surface area contributed by atoms with Crippen molar-refractivity contribution in [2.45, 2.75) is 44.6 Å². The van der Waals surface area contributed by atoms with Crippen LogP contribution >= 0.6 is 0 Å². The summed E-state index contributed by atoms with van der Waals surface area (Å²) in [6, 6.07) is 2.08. The van der Waals surface area contributed by atoms with Crippen molar-refractivity contribution in [3.05, 3.63) is 11.9 Å². The number of hydrogen-bond acceptors (Lipinski definition) is 5. The van der Waals surface area contributed by atoms with E-state index in [-0.39, 0.29) is 0 Å². The van der Waals surface area contributed by atoms with E-state index >= 15 is 0 Å². The third-order valence-electron chi connectivity index (χ3n) is 4.07. The third kappa shape index (κ3) is 3.03. The number of aromatic nitrogens is 2. The maximum Gasteiger partial charge on any atom is 0.136 e. The monoisotopic (exact) mass is 276 g/mol. The SMILES string of the molecule is CCNc1cc(N2CCCC(OC)C2)nc(C2CC2)n1. The Morgan fingerprint density at radius 2 is 2.20 bits per heavy atom. The summed E-state index contributed by atoms with van der Waals surface area (Å²) >= 11 is 0. The molecule has 1 atom stereocenters. The number of ether oxygens (including phenoxy) is 1. The highest BCUT2D eigenvalue weighted by molar-refractivity contribution is 5.50. The average molecular weight is 276 g/mol. The molecule has 1 aromatic heterocycles. The van der Waals surface area contributed by atoms with Crippen LogP contribution in [0.3, 0.4) is 0 Å². The molecule has 1 aliphatic heterocycles. The van der Waals surface area contributed by atoms with Gasteiger partial charge in [-0.3, -0.25) is 0 Å². The average Bonchev–Trinajstić information content (AvgIpc) is 3.32. The molecule has 20 heavy (non-hydrogen) atoms. The first-order chi connectivity index (χ1) is 9.80. The summed E-state index contributed by atoms with van der Waals surface area (Å²) < 4.78 is 5.51. The van der Waals surface area contributed by atoms with Gasteiger partial charge in [0.1, 0.15) is 17.5 Å². The van der Waals surface area contributed by atoms with Gasteiger partial charge in [-0.2, -0.15) is 0 Å². The fraction of sp³-hybridized carbons (Fsp3) is 0.733. The van der Waals surface area contributed by atoms with E-state index in [2.05, 4.69) is 28.2 Å². The Balaban J connectivity index is 1.83. The molecule has 2 fully saturated rings. The predicted molar refractivity (Wildman–Crippen MR) is 80.4 cm³/mol. The van der Waals surface area contributed by atoms with Gasteiger partial charge in [-0.05, 0) is 32.6 Å². The lowest BCUT2D eigenvalue weighted by atomic mass is 10.1. The molecule has 1 saturated carbocycles. The summed E-state index contributed by atoms with van der Waals surface area (Å²) in [5.41, 5.74) is 0. The van der Waals surface area contributed by atoms with Crippen LogP contribution in [-0.2, 0) is 4.74 Å². The number of rotatable bonds is 5. The Morgan fingerprint density at radius 1 is 1.35 bits per heavy atom. The molecule has 1 aliphatic carbocycles. The van der Waals surface area contributed by atoms with Crippen LogP contribution in [0, 0.1) is 0 Å². The normalized spacial score (nSPS) is 22.9. The van der Waals surface area contributed by atoms with E-state index in [9.17, 15) is 0 Å². The van der Waals surface area contributed by atoms with Crippen LogP contribution in [0.4, 0.5) is 11.6 Å². The number of methoxy groups -OCH3 is 1. The Bertz CT molecular complexity index is 461. The molecule has 1 aromatic rings. The van der Waals surface area contributed by atoms with Gasteiger partial charge in [0.25, 0.3) is 0 Å². The molecule has 0 bridgehead atoms. The first-order valence-corrected chi connectivity index (χ1v) is 7.70. The van der Waals surface area contributed by atoms with E-state index in [1.54, 1.807) is 7.11 Å². The highest BCUT2D eigenvalue weighted by atomic mass is 16.5. The van der Waals surface area contributed by atoms with Crippen molar-refractivity contribution in [2.24, 2.45) is 0 Å². The topological polar surface area (TPSA) is 50.3 Å². The second-order valence-corrected chi connectivity index (χ2v) is 5.72. The molecule has 0 radical (unpaired) electrons. The van der Waals surface area contributed by atoms with E-state index in [1.165, 1.54) is 12.8 Å². The van der Waals surface area contributed by atoms with Gasteiger partial charge in [-0.1, -0.05) is 0 Å². The Hall–Kier alpha value is -1.36. The van der Waals surface area contributed by atoms with Crippen LogP contribution < -0.4 is 10.2 Å². The Labute approximate surface area is 120 Å². The third-order valence-corrected chi connectivity index (χ3v) is 4.07. The summed E-state index contributed by atoms with van der Waals surface area (Å²) in [7, 11) is 1.80. The van der Waals surface area contributed by atoms with Crippen molar-refractivity contribution >= 4 is 11.6 Å². The van der Waals surface area contributed by atoms with Crippen LogP contribution in [0.25, 0.3) is 0 Å². The van der Waals surface area contributed by atoms with E-state index in [0.717, 1.165) is 49.9 Å². The minimum absolute atomic E-state index is 0.325. The number of nitrogens with zero attached hydrogens (tertiary/aromatic N) is 3. The van der Waals surface area contributed by atoms with Crippen molar-refractivity contribution in [3.63, 3.8) is 0 Å². The van der Waals surface area contributed by atoms with Crippen molar-refractivity contribution < 1.29 is 4.74 Å². The molecule has 5 nitrogen and oxygen atoms in total. The fourth-order valence-corrected chi connectivity index (χ4v) is 2.75. The van der Waals surface area contributed by atoms with Crippen LogP contribution in [-0.4, -0.2) is 42.8 Å². The summed E-state index contributed by atoms with van der Waals surface area (Å²) in [4.78, 5) is 11.8. The molecule has 1 N–H and O–H groups in total. The second-order valence-electron chi connectivity index (χ2n) is 5.72. The van der Waals surface area contributed by atoms with Gasteiger partial charge < -0.3 is 15.0 Å². The summed E-state index contributed by atoms with van der Waals surface area (Å²) in [5.74, 6) is 3.60. The molecule has 0 amide bonds. The fourth-order valence-electron chi connectivity index (χ4n) is 2.75. The molecule has 5 heteroatoms. The van der Waals surface area contributed by atoms with Gasteiger partial charge in [0.15, 0.2) is 0 Å². The van der Waals surface area contributed by atoms with Gasteiger partial charge in [0.05, 0.1) is 6.10 Å². The zero-order chi connectivity index (χ0) is 13.9. The summed E-state index contributed by atoms with van der Waals surface area (Å²) in [6.45, 7) is 4.98. The first-order valence-electron chi connectivity index (χ1n) is 7.70. The minimum atomic E-state index is 0.325. The zero-order valence-electron chi connectivity index (χ0n) is 12.4. The lowest BCUT2D eigenvalue weighted by Crippen LogP contribution is -2.39. The molecular weight excluding hydrogens is 252 g/mol. The largest absolute Gasteiger partial charge is 0.380 e. The van der Waals surface area contributed by atoms with E-state index in [0.29, 0.717) is 12.0 Å².